The summed E-state index contributed by atoms with van der Waals surface area (Å²) >= 11 is 0. The molecule has 0 aliphatic heterocycles. The van der Waals surface area contributed by atoms with E-state index in [1.165, 1.54) is 24.7 Å². The third kappa shape index (κ3) is 3.65. The highest BCUT2D eigenvalue weighted by molar-refractivity contribution is 5.52. The first-order chi connectivity index (χ1) is 11.4. The van der Waals surface area contributed by atoms with E-state index < -0.39 is 12.1 Å². The van der Waals surface area contributed by atoms with Crippen LogP contribution in [0.5, 0.6) is 5.75 Å². The number of halogens is 3. The standard InChI is InChI=1S/C14H10F3N5O2/c1-8-18-5-11(6-19-8)23-7-10-3-2-9(4-20-10)12-21-13(24-22-12)14(15,16)17/h2-6H,7H2,1H3. The molecule has 0 unspecified atom stereocenters. The van der Waals surface area contributed by atoms with Crippen LogP contribution in [0.2, 0.25) is 0 Å². The van der Waals surface area contributed by atoms with Crippen LogP contribution in [0.25, 0.3) is 11.4 Å². The van der Waals surface area contributed by atoms with Crippen LogP contribution in [0.3, 0.4) is 0 Å². The van der Waals surface area contributed by atoms with Crippen molar-refractivity contribution in [3.05, 3.63) is 48.1 Å². The second-order valence-corrected chi connectivity index (χ2v) is 4.71. The van der Waals surface area contributed by atoms with Crippen LogP contribution in [0.1, 0.15) is 17.4 Å². The van der Waals surface area contributed by atoms with Gasteiger partial charge in [-0.1, -0.05) is 5.16 Å². The Labute approximate surface area is 133 Å². The van der Waals surface area contributed by atoms with E-state index in [1.54, 1.807) is 13.0 Å². The van der Waals surface area contributed by atoms with Gasteiger partial charge in [0.2, 0.25) is 5.82 Å². The molecule has 0 atom stereocenters. The van der Waals surface area contributed by atoms with Crippen LogP contribution in [-0.4, -0.2) is 25.1 Å². The van der Waals surface area contributed by atoms with E-state index in [2.05, 4.69) is 29.6 Å². The number of ether oxygens (including phenoxy) is 1. The van der Waals surface area contributed by atoms with E-state index >= 15 is 0 Å². The lowest BCUT2D eigenvalue weighted by molar-refractivity contribution is -0.159. The first-order valence-electron chi connectivity index (χ1n) is 6.69. The molecule has 3 aromatic rings. The number of rotatable bonds is 4. The van der Waals surface area contributed by atoms with Crippen molar-refractivity contribution in [1.29, 1.82) is 0 Å². The Morgan fingerprint density at radius 2 is 1.83 bits per heavy atom. The van der Waals surface area contributed by atoms with E-state index in [-0.39, 0.29) is 12.4 Å². The lowest BCUT2D eigenvalue weighted by Gasteiger charge is -2.05. The topological polar surface area (TPSA) is 86.8 Å². The van der Waals surface area contributed by atoms with Crippen LogP contribution in [0, 0.1) is 6.92 Å². The minimum Gasteiger partial charge on any atom is -0.484 e. The van der Waals surface area contributed by atoms with Gasteiger partial charge < -0.3 is 9.26 Å². The minimum atomic E-state index is -4.68. The van der Waals surface area contributed by atoms with E-state index in [0.29, 0.717) is 22.8 Å². The SMILES string of the molecule is Cc1ncc(OCc2ccc(-c3noc(C(F)(F)F)n3)cn2)cn1. The molecule has 7 nitrogen and oxygen atoms in total. The van der Waals surface area contributed by atoms with Gasteiger partial charge in [0.05, 0.1) is 18.1 Å². The summed E-state index contributed by atoms with van der Waals surface area (Å²) in [5, 5.41) is 3.29. The van der Waals surface area contributed by atoms with Crippen LogP contribution in [0.15, 0.2) is 35.2 Å². The summed E-state index contributed by atoms with van der Waals surface area (Å²) in [7, 11) is 0. The number of hydrogen-bond donors (Lipinski definition) is 0. The van der Waals surface area contributed by atoms with Gasteiger partial charge in [-0.25, -0.2) is 9.97 Å². The van der Waals surface area contributed by atoms with Gasteiger partial charge in [-0.05, 0) is 19.1 Å². The highest BCUT2D eigenvalue weighted by atomic mass is 19.4. The van der Waals surface area contributed by atoms with Crippen LogP contribution >= 0.6 is 0 Å². The molecule has 3 heterocycles. The molecule has 3 rings (SSSR count). The fourth-order valence-corrected chi connectivity index (χ4v) is 1.71. The number of aromatic nitrogens is 5. The maximum absolute atomic E-state index is 12.4. The molecule has 0 aromatic carbocycles. The fourth-order valence-electron chi connectivity index (χ4n) is 1.71. The Kier molecular flexibility index (Phi) is 4.11. The number of hydrogen-bond acceptors (Lipinski definition) is 7. The quantitative estimate of drug-likeness (QED) is 0.723. The molecule has 0 aliphatic rings. The summed E-state index contributed by atoms with van der Waals surface area (Å²) < 4.78 is 46.9. The van der Waals surface area contributed by atoms with Crippen LogP contribution in [-0.2, 0) is 12.8 Å². The zero-order chi connectivity index (χ0) is 17.2. The molecular weight excluding hydrogens is 327 g/mol. The van der Waals surface area contributed by atoms with E-state index in [0.717, 1.165) is 0 Å². The Morgan fingerprint density at radius 1 is 1.08 bits per heavy atom. The molecule has 0 fully saturated rings. The highest BCUT2D eigenvalue weighted by Gasteiger charge is 2.38. The fraction of sp³-hybridized carbons (Fsp3) is 0.214. The molecule has 0 radical (unpaired) electrons. The number of alkyl halides is 3. The Balaban J connectivity index is 1.67. The summed E-state index contributed by atoms with van der Waals surface area (Å²) in [5.41, 5.74) is 0.871. The summed E-state index contributed by atoms with van der Waals surface area (Å²) in [6.07, 6.45) is -0.263. The second-order valence-electron chi connectivity index (χ2n) is 4.71. The summed E-state index contributed by atoms with van der Waals surface area (Å²) in [6.45, 7) is 1.92. The van der Waals surface area contributed by atoms with Crippen molar-refractivity contribution < 1.29 is 22.4 Å². The molecule has 0 bridgehead atoms. The van der Waals surface area contributed by atoms with Gasteiger partial charge in [-0.3, -0.25) is 4.98 Å². The third-order valence-corrected chi connectivity index (χ3v) is 2.90. The van der Waals surface area contributed by atoms with Crippen molar-refractivity contribution in [2.45, 2.75) is 19.7 Å². The largest absolute Gasteiger partial charge is 0.484 e. The lowest BCUT2D eigenvalue weighted by Crippen LogP contribution is -2.04. The van der Waals surface area contributed by atoms with Crippen LogP contribution in [0.4, 0.5) is 13.2 Å². The van der Waals surface area contributed by atoms with Gasteiger partial charge in [0, 0.05) is 11.8 Å². The summed E-state index contributed by atoms with van der Waals surface area (Å²) in [6, 6.07) is 3.12. The second kappa shape index (κ2) is 6.22. The van der Waals surface area contributed by atoms with Crippen molar-refractivity contribution in [2.75, 3.05) is 0 Å². The molecule has 124 valence electrons. The van der Waals surface area contributed by atoms with Crippen LogP contribution < -0.4 is 4.74 Å². The molecule has 24 heavy (non-hydrogen) atoms. The van der Waals surface area contributed by atoms with Crippen molar-refractivity contribution >= 4 is 0 Å². The predicted molar refractivity (Wildman–Crippen MR) is 73.6 cm³/mol. The van der Waals surface area contributed by atoms with E-state index in [1.807, 2.05) is 0 Å². The van der Waals surface area contributed by atoms with Gasteiger partial charge >= 0.3 is 12.1 Å². The first-order valence-corrected chi connectivity index (χ1v) is 6.69. The van der Waals surface area contributed by atoms with Crippen molar-refractivity contribution in [2.24, 2.45) is 0 Å². The molecule has 3 aromatic heterocycles. The molecule has 0 N–H and O–H groups in total. The maximum atomic E-state index is 12.4. The van der Waals surface area contributed by atoms with Gasteiger partial charge in [0.25, 0.3) is 0 Å². The highest BCUT2D eigenvalue weighted by Crippen LogP contribution is 2.29. The molecule has 0 aliphatic carbocycles. The number of aryl methyl sites for hydroxylation is 1. The van der Waals surface area contributed by atoms with Gasteiger partial charge in [-0.2, -0.15) is 18.2 Å². The third-order valence-electron chi connectivity index (χ3n) is 2.90. The minimum absolute atomic E-state index is 0.159. The first kappa shape index (κ1) is 15.8. The Hall–Kier alpha value is -3.04. The average Bonchev–Trinajstić information content (AvgIpc) is 3.05. The van der Waals surface area contributed by atoms with Gasteiger partial charge in [0.15, 0.2) is 5.75 Å². The normalized spacial score (nSPS) is 11.5. The lowest BCUT2D eigenvalue weighted by atomic mass is 10.2. The number of pyridine rings is 1. The van der Waals surface area contributed by atoms with Crippen molar-refractivity contribution in [3.8, 4) is 17.1 Å². The monoisotopic (exact) mass is 337 g/mol. The zero-order valence-corrected chi connectivity index (χ0v) is 12.3. The Morgan fingerprint density at radius 3 is 2.42 bits per heavy atom. The molecular formula is C14H10F3N5O2. The van der Waals surface area contributed by atoms with Gasteiger partial charge in [-0.15, -0.1) is 0 Å². The molecule has 0 saturated heterocycles. The average molecular weight is 337 g/mol. The zero-order valence-electron chi connectivity index (χ0n) is 12.3. The van der Waals surface area contributed by atoms with E-state index in [4.69, 9.17) is 4.74 Å². The molecule has 0 spiro atoms. The molecule has 10 heteroatoms. The molecule has 0 saturated carbocycles. The van der Waals surface area contributed by atoms with Crippen molar-refractivity contribution in [3.63, 3.8) is 0 Å². The summed E-state index contributed by atoms with van der Waals surface area (Å²) in [4.78, 5) is 15.4. The molecule has 0 amide bonds. The van der Waals surface area contributed by atoms with E-state index in [9.17, 15) is 13.2 Å². The van der Waals surface area contributed by atoms with Gasteiger partial charge in [0.1, 0.15) is 12.4 Å². The predicted octanol–water partition coefficient (Wildman–Crippen LogP) is 2.83. The summed E-state index contributed by atoms with van der Waals surface area (Å²) in [5.74, 6) is -0.471. The number of nitrogens with zero attached hydrogens (tertiary/aromatic N) is 5. The Bertz CT molecular complexity index is 816. The maximum Gasteiger partial charge on any atom is 0.471 e. The smallest absolute Gasteiger partial charge is 0.471 e. The van der Waals surface area contributed by atoms with Crippen molar-refractivity contribution in [1.82, 2.24) is 25.1 Å².